The minimum Gasteiger partial charge on any atom is -0.481 e. The maximum Gasteiger partial charge on any atom is 0.314 e. The van der Waals surface area contributed by atoms with Crippen LogP contribution in [0.5, 0.6) is 0 Å². The second kappa shape index (κ2) is 3.58. The molecular formula is C11H12O6. The van der Waals surface area contributed by atoms with Crippen LogP contribution in [-0.2, 0) is 14.4 Å². The summed E-state index contributed by atoms with van der Waals surface area (Å²) in [5.41, 5.74) is -1.57. The van der Waals surface area contributed by atoms with E-state index in [1.807, 2.05) is 0 Å². The third-order valence-corrected chi connectivity index (χ3v) is 3.86. The van der Waals surface area contributed by atoms with E-state index < -0.39 is 35.2 Å². The third-order valence-electron chi connectivity index (χ3n) is 3.86. The molecule has 0 aromatic rings. The first-order valence-electron chi connectivity index (χ1n) is 5.28. The number of fused-ring (bicyclic) bond motifs is 2. The summed E-state index contributed by atoms with van der Waals surface area (Å²) in [4.78, 5) is 33.6. The normalized spacial score (nSPS) is 38.9. The third kappa shape index (κ3) is 1.44. The topological polar surface area (TPSA) is 112 Å². The van der Waals surface area contributed by atoms with E-state index in [2.05, 4.69) is 0 Å². The van der Waals surface area contributed by atoms with Crippen molar-refractivity contribution in [3.05, 3.63) is 12.2 Å². The van der Waals surface area contributed by atoms with E-state index in [0.29, 0.717) is 6.42 Å². The molecule has 2 bridgehead atoms. The number of hydrogen-bond acceptors (Lipinski definition) is 3. The Morgan fingerprint density at radius 1 is 1.12 bits per heavy atom. The first-order chi connectivity index (χ1) is 7.90. The highest BCUT2D eigenvalue weighted by Gasteiger charge is 2.60. The molecule has 6 heteroatoms. The van der Waals surface area contributed by atoms with Gasteiger partial charge in [0.15, 0.2) is 0 Å². The average Bonchev–Trinajstić information content (AvgIpc) is 2.28. The van der Waals surface area contributed by atoms with Crippen LogP contribution in [-0.4, -0.2) is 33.2 Å². The zero-order chi connectivity index (χ0) is 12.8. The molecule has 0 unspecified atom stereocenters. The summed E-state index contributed by atoms with van der Waals surface area (Å²) in [6.45, 7) is 0. The van der Waals surface area contributed by atoms with Crippen LogP contribution in [0, 0.1) is 23.2 Å². The number of hydrogen-bond donors (Lipinski definition) is 3. The average molecular weight is 240 g/mol. The predicted octanol–water partition coefficient (Wildman–Crippen LogP) is 0.439. The fraction of sp³-hybridized carbons (Fsp3) is 0.545. The lowest BCUT2D eigenvalue weighted by molar-refractivity contribution is -0.174. The van der Waals surface area contributed by atoms with E-state index in [-0.39, 0.29) is 12.3 Å². The Morgan fingerprint density at radius 2 is 1.76 bits per heavy atom. The maximum atomic E-state index is 11.3. The van der Waals surface area contributed by atoms with E-state index in [4.69, 9.17) is 10.2 Å². The second-order valence-corrected chi connectivity index (χ2v) is 4.59. The molecule has 17 heavy (non-hydrogen) atoms. The lowest BCUT2D eigenvalue weighted by Gasteiger charge is -2.46. The Balaban J connectivity index is 2.55. The van der Waals surface area contributed by atoms with E-state index in [1.54, 1.807) is 0 Å². The van der Waals surface area contributed by atoms with Crippen LogP contribution in [0.4, 0.5) is 0 Å². The summed E-state index contributed by atoms with van der Waals surface area (Å²) in [5, 5.41) is 27.4. The molecule has 0 spiro atoms. The van der Waals surface area contributed by atoms with E-state index in [1.165, 1.54) is 12.2 Å². The van der Waals surface area contributed by atoms with Crippen molar-refractivity contribution in [1.82, 2.24) is 0 Å². The minimum absolute atomic E-state index is 0.185. The zero-order valence-corrected chi connectivity index (χ0v) is 8.87. The molecule has 3 rings (SSSR count). The standard InChI is InChI=1S/C11H12O6/c12-8(13)6-5-1-3-11(4-2-5,10(16)17)7(6)9(14)15/h1,3,5-7H,2,4H2,(H,12,13)(H,14,15)(H,16,17)/t5-,6-,7-,11+/m0/s1. The molecule has 0 amide bonds. The van der Waals surface area contributed by atoms with Crippen LogP contribution in [0.2, 0.25) is 0 Å². The van der Waals surface area contributed by atoms with Crippen LogP contribution in [0.3, 0.4) is 0 Å². The molecular weight excluding hydrogens is 228 g/mol. The molecule has 6 nitrogen and oxygen atoms in total. The van der Waals surface area contributed by atoms with Gasteiger partial charge in [-0.05, 0) is 18.8 Å². The SMILES string of the molecule is O=C(O)[C@@H]1[C@@H](C(=O)O)[C@@]2(C(=O)O)C=C[C@H]1CC2. The Bertz CT molecular complexity index is 426. The number of carboxylic acids is 3. The number of carboxylic acid groups (broad SMARTS) is 3. The quantitative estimate of drug-likeness (QED) is 0.617. The monoisotopic (exact) mass is 240 g/mol. The van der Waals surface area contributed by atoms with Gasteiger partial charge in [-0.1, -0.05) is 12.2 Å². The highest BCUT2D eigenvalue weighted by atomic mass is 16.4. The van der Waals surface area contributed by atoms with Gasteiger partial charge in [-0.2, -0.15) is 0 Å². The molecule has 0 aromatic heterocycles. The lowest BCUT2D eigenvalue weighted by Crippen LogP contribution is -2.55. The van der Waals surface area contributed by atoms with Crippen molar-refractivity contribution < 1.29 is 29.7 Å². The van der Waals surface area contributed by atoms with Crippen molar-refractivity contribution >= 4 is 17.9 Å². The molecule has 0 saturated heterocycles. The number of allylic oxidation sites excluding steroid dienone is 1. The summed E-state index contributed by atoms with van der Waals surface area (Å²) in [6, 6.07) is 0. The van der Waals surface area contributed by atoms with Gasteiger partial charge in [-0.15, -0.1) is 0 Å². The second-order valence-electron chi connectivity index (χ2n) is 4.59. The molecule has 3 aliphatic carbocycles. The highest BCUT2D eigenvalue weighted by molar-refractivity contribution is 5.90. The van der Waals surface area contributed by atoms with Gasteiger partial charge >= 0.3 is 17.9 Å². The van der Waals surface area contributed by atoms with Gasteiger partial charge in [0, 0.05) is 0 Å². The molecule has 1 fully saturated rings. The number of rotatable bonds is 3. The lowest BCUT2D eigenvalue weighted by atomic mass is 9.54. The van der Waals surface area contributed by atoms with Gasteiger partial charge in [-0.25, -0.2) is 0 Å². The van der Waals surface area contributed by atoms with Gasteiger partial charge in [0.1, 0.15) is 0 Å². The van der Waals surface area contributed by atoms with Crippen LogP contribution in [0.25, 0.3) is 0 Å². The van der Waals surface area contributed by atoms with Crippen molar-refractivity contribution in [1.29, 1.82) is 0 Å². The predicted molar refractivity (Wildman–Crippen MR) is 54.2 cm³/mol. The highest BCUT2D eigenvalue weighted by Crippen LogP contribution is 2.53. The van der Waals surface area contributed by atoms with E-state index in [0.717, 1.165) is 0 Å². The molecule has 3 aliphatic rings. The zero-order valence-electron chi connectivity index (χ0n) is 8.87. The summed E-state index contributed by atoms with van der Waals surface area (Å²) >= 11 is 0. The van der Waals surface area contributed by atoms with Gasteiger partial charge in [-0.3, -0.25) is 14.4 Å². The summed E-state index contributed by atoms with van der Waals surface area (Å²) in [5.74, 6) is -6.77. The van der Waals surface area contributed by atoms with Gasteiger partial charge in [0.2, 0.25) is 0 Å². The summed E-state index contributed by atoms with van der Waals surface area (Å²) in [6.07, 6.45) is 3.49. The summed E-state index contributed by atoms with van der Waals surface area (Å²) < 4.78 is 0. The van der Waals surface area contributed by atoms with Crippen molar-refractivity contribution in [2.45, 2.75) is 12.8 Å². The Morgan fingerprint density at radius 3 is 2.12 bits per heavy atom. The number of carbonyl (C=O) groups is 3. The van der Waals surface area contributed by atoms with Crippen LogP contribution in [0.1, 0.15) is 12.8 Å². The molecule has 3 N–H and O–H groups in total. The van der Waals surface area contributed by atoms with E-state index >= 15 is 0 Å². The Hall–Kier alpha value is -1.85. The Labute approximate surface area is 96.6 Å². The molecule has 4 atom stereocenters. The Kier molecular flexibility index (Phi) is 2.45. The molecule has 92 valence electrons. The van der Waals surface area contributed by atoms with Gasteiger partial charge in [0.25, 0.3) is 0 Å². The fourth-order valence-electron chi connectivity index (χ4n) is 3.02. The molecule has 0 radical (unpaired) electrons. The largest absolute Gasteiger partial charge is 0.481 e. The minimum atomic E-state index is -1.57. The van der Waals surface area contributed by atoms with Gasteiger partial charge in [0.05, 0.1) is 17.3 Å². The summed E-state index contributed by atoms with van der Waals surface area (Å²) in [7, 11) is 0. The molecule has 0 aromatic carbocycles. The van der Waals surface area contributed by atoms with Crippen LogP contribution >= 0.6 is 0 Å². The first kappa shape index (κ1) is 11.6. The van der Waals surface area contributed by atoms with Crippen LogP contribution < -0.4 is 0 Å². The number of aliphatic carboxylic acids is 3. The smallest absolute Gasteiger partial charge is 0.314 e. The molecule has 0 aliphatic heterocycles. The van der Waals surface area contributed by atoms with Crippen molar-refractivity contribution in [3.63, 3.8) is 0 Å². The van der Waals surface area contributed by atoms with Crippen molar-refractivity contribution in [3.8, 4) is 0 Å². The fourth-order valence-corrected chi connectivity index (χ4v) is 3.02. The van der Waals surface area contributed by atoms with E-state index in [9.17, 15) is 19.5 Å². The maximum absolute atomic E-state index is 11.3. The molecule has 1 saturated carbocycles. The van der Waals surface area contributed by atoms with Crippen LogP contribution in [0.15, 0.2) is 12.2 Å². The van der Waals surface area contributed by atoms with Crippen molar-refractivity contribution in [2.24, 2.45) is 23.2 Å². The van der Waals surface area contributed by atoms with Crippen molar-refractivity contribution in [2.75, 3.05) is 0 Å². The van der Waals surface area contributed by atoms with Gasteiger partial charge < -0.3 is 15.3 Å². The first-order valence-corrected chi connectivity index (χ1v) is 5.28. The molecule has 0 heterocycles.